The highest BCUT2D eigenvalue weighted by Crippen LogP contribution is 2.27. The van der Waals surface area contributed by atoms with Crippen LogP contribution in [-0.2, 0) is 0 Å². The van der Waals surface area contributed by atoms with Gasteiger partial charge in [-0.1, -0.05) is 23.7 Å². The Morgan fingerprint density at radius 3 is 2.74 bits per heavy atom. The predicted octanol–water partition coefficient (Wildman–Crippen LogP) is 4.04. The average Bonchev–Trinajstić information content (AvgIpc) is 3.12. The number of hydrogen-bond acceptors (Lipinski definition) is 4. The lowest BCUT2D eigenvalue weighted by molar-refractivity contribution is 0.0955. The topological polar surface area (TPSA) is 83.0 Å². The Morgan fingerprint density at radius 2 is 1.93 bits per heavy atom. The summed E-state index contributed by atoms with van der Waals surface area (Å²) in [6.07, 6.45) is 4.88. The maximum Gasteiger partial charge on any atom is 0.271 e. The fraction of sp³-hybridized carbons (Fsp3) is 0. The molecule has 0 fully saturated rings. The van der Waals surface area contributed by atoms with Crippen LogP contribution in [0.1, 0.15) is 15.9 Å². The van der Waals surface area contributed by atoms with Gasteiger partial charge in [0.25, 0.3) is 5.91 Å². The average molecular weight is 376 g/mol. The molecule has 2 aromatic carbocycles. The van der Waals surface area contributed by atoms with Gasteiger partial charge in [0.15, 0.2) is 0 Å². The number of hydrogen-bond donors (Lipinski definition) is 2. The number of fused-ring (bicyclic) bond motifs is 1. The van der Waals surface area contributed by atoms with E-state index in [1.54, 1.807) is 48.9 Å². The summed E-state index contributed by atoms with van der Waals surface area (Å²) in [6.45, 7) is 0. The van der Waals surface area contributed by atoms with Gasteiger partial charge in [0, 0.05) is 23.5 Å². The van der Waals surface area contributed by atoms with Crippen LogP contribution >= 0.6 is 11.6 Å². The van der Waals surface area contributed by atoms with Crippen LogP contribution in [0.3, 0.4) is 0 Å². The highest BCUT2D eigenvalue weighted by molar-refractivity contribution is 6.33. The van der Waals surface area contributed by atoms with E-state index >= 15 is 0 Å². The molecular formula is C20H14ClN5O. The zero-order valence-electron chi connectivity index (χ0n) is 14.1. The van der Waals surface area contributed by atoms with Gasteiger partial charge in [-0.2, -0.15) is 5.10 Å². The zero-order chi connectivity index (χ0) is 18.6. The van der Waals surface area contributed by atoms with Crippen LogP contribution in [0.15, 0.2) is 72.1 Å². The SMILES string of the molecule is O=C(N/N=C/c1ccncc1)c1ccc2nc(-c3ccccc3Cl)[nH]c2c1. The lowest BCUT2D eigenvalue weighted by atomic mass is 10.2. The first kappa shape index (κ1) is 16.9. The van der Waals surface area contributed by atoms with Crippen molar-refractivity contribution in [3.05, 3.63) is 83.1 Å². The number of pyridine rings is 1. The number of benzene rings is 2. The third kappa shape index (κ3) is 3.70. The Bertz CT molecular complexity index is 1140. The Kier molecular flexibility index (Phi) is 4.63. The number of H-pyrrole nitrogens is 1. The molecule has 0 saturated carbocycles. The van der Waals surface area contributed by atoms with Crippen LogP contribution in [0.2, 0.25) is 5.02 Å². The minimum atomic E-state index is -0.309. The van der Waals surface area contributed by atoms with E-state index < -0.39 is 0 Å². The molecule has 4 rings (SSSR count). The molecule has 7 heteroatoms. The molecule has 0 spiro atoms. The fourth-order valence-electron chi connectivity index (χ4n) is 2.61. The van der Waals surface area contributed by atoms with Crippen molar-refractivity contribution in [1.29, 1.82) is 0 Å². The maximum atomic E-state index is 12.3. The van der Waals surface area contributed by atoms with Gasteiger partial charge in [0.1, 0.15) is 5.82 Å². The second kappa shape index (κ2) is 7.39. The molecule has 2 N–H and O–H groups in total. The summed E-state index contributed by atoms with van der Waals surface area (Å²) in [5, 5.41) is 4.58. The molecular weight excluding hydrogens is 362 g/mol. The van der Waals surface area contributed by atoms with E-state index in [2.05, 4.69) is 25.5 Å². The van der Waals surface area contributed by atoms with Crippen LogP contribution < -0.4 is 5.43 Å². The number of rotatable bonds is 4. The van der Waals surface area contributed by atoms with Gasteiger partial charge < -0.3 is 4.98 Å². The number of carbonyl (C=O) groups excluding carboxylic acids is 1. The van der Waals surface area contributed by atoms with Gasteiger partial charge in [-0.3, -0.25) is 9.78 Å². The summed E-state index contributed by atoms with van der Waals surface area (Å²) in [5.74, 6) is 0.347. The Morgan fingerprint density at radius 1 is 1.11 bits per heavy atom. The van der Waals surface area contributed by atoms with Crippen LogP contribution in [0, 0.1) is 0 Å². The van der Waals surface area contributed by atoms with Crippen molar-refractivity contribution in [2.75, 3.05) is 0 Å². The van der Waals surface area contributed by atoms with E-state index in [-0.39, 0.29) is 5.91 Å². The second-order valence-electron chi connectivity index (χ2n) is 5.78. The minimum absolute atomic E-state index is 0.309. The second-order valence-corrected chi connectivity index (χ2v) is 6.18. The monoisotopic (exact) mass is 375 g/mol. The summed E-state index contributed by atoms with van der Waals surface area (Å²) in [7, 11) is 0. The van der Waals surface area contributed by atoms with E-state index in [0.717, 1.165) is 22.2 Å². The van der Waals surface area contributed by atoms with Crippen LogP contribution in [0.5, 0.6) is 0 Å². The Balaban J connectivity index is 1.55. The molecule has 0 aliphatic heterocycles. The fourth-order valence-corrected chi connectivity index (χ4v) is 2.84. The van der Waals surface area contributed by atoms with Crippen LogP contribution in [0.25, 0.3) is 22.4 Å². The van der Waals surface area contributed by atoms with Crippen molar-refractivity contribution in [3.63, 3.8) is 0 Å². The molecule has 132 valence electrons. The molecule has 2 aromatic heterocycles. The molecule has 4 aromatic rings. The van der Waals surface area contributed by atoms with Crippen molar-refractivity contribution in [2.24, 2.45) is 5.10 Å². The summed E-state index contributed by atoms with van der Waals surface area (Å²) in [6, 6.07) is 16.3. The Labute approximate surface area is 159 Å². The quantitative estimate of drug-likeness (QED) is 0.417. The third-order valence-corrected chi connectivity index (χ3v) is 4.29. The summed E-state index contributed by atoms with van der Waals surface area (Å²) in [5.41, 5.74) is 6.14. The van der Waals surface area contributed by atoms with Crippen molar-refractivity contribution in [1.82, 2.24) is 20.4 Å². The molecule has 0 radical (unpaired) electrons. The molecule has 1 amide bonds. The molecule has 27 heavy (non-hydrogen) atoms. The number of aromatic nitrogens is 3. The summed E-state index contributed by atoms with van der Waals surface area (Å²) < 4.78 is 0. The van der Waals surface area contributed by atoms with Crippen LogP contribution in [0.4, 0.5) is 0 Å². The van der Waals surface area contributed by atoms with Crippen molar-refractivity contribution >= 4 is 34.8 Å². The first-order valence-corrected chi connectivity index (χ1v) is 8.56. The van der Waals surface area contributed by atoms with Gasteiger partial charge in [-0.05, 0) is 48.0 Å². The molecule has 0 aliphatic rings. The first-order valence-electron chi connectivity index (χ1n) is 8.19. The van der Waals surface area contributed by atoms with Crippen molar-refractivity contribution in [2.45, 2.75) is 0 Å². The van der Waals surface area contributed by atoms with Crippen molar-refractivity contribution < 1.29 is 4.79 Å². The molecule has 0 unspecified atom stereocenters. The maximum absolute atomic E-state index is 12.3. The first-order chi connectivity index (χ1) is 13.2. The van der Waals surface area contributed by atoms with Crippen molar-refractivity contribution in [3.8, 4) is 11.4 Å². The number of carbonyl (C=O) groups is 1. The molecule has 6 nitrogen and oxygen atoms in total. The predicted molar refractivity (Wildman–Crippen MR) is 106 cm³/mol. The van der Waals surface area contributed by atoms with E-state index in [0.29, 0.717) is 16.4 Å². The van der Waals surface area contributed by atoms with Gasteiger partial charge >= 0.3 is 0 Å². The highest BCUT2D eigenvalue weighted by atomic mass is 35.5. The standard InChI is InChI=1S/C20H14ClN5O/c21-16-4-2-1-3-15(16)19-24-17-6-5-14(11-18(17)25-19)20(27)26-23-12-13-7-9-22-10-8-13/h1-12H,(H,24,25)(H,26,27)/b23-12+. The van der Waals surface area contributed by atoms with Gasteiger partial charge in [-0.15, -0.1) is 0 Å². The zero-order valence-corrected chi connectivity index (χ0v) is 14.8. The number of nitrogens with one attached hydrogen (secondary N) is 2. The third-order valence-electron chi connectivity index (χ3n) is 3.96. The normalized spacial score (nSPS) is 11.1. The highest BCUT2D eigenvalue weighted by Gasteiger charge is 2.11. The number of aromatic amines is 1. The van der Waals surface area contributed by atoms with E-state index in [9.17, 15) is 4.79 Å². The summed E-state index contributed by atoms with van der Waals surface area (Å²) in [4.78, 5) is 24.0. The summed E-state index contributed by atoms with van der Waals surface area (Å²) >= 11 is 6.23. The lowest BCUT2D eigenvalue weighted by Gasteiger charge is -2.00. The lowest BCUT2D eigenvalue weighted by Crippen LogP contribution is -2.17. The van der Waals surface area contributed by atoms with Gasteiger partial charge in [0.2, 0.25) is 0 Å². The molecule has 0 aliphatic carbocycles. The van der Waals surface area contributed by atoms with E-state index in [1.165, 1.54) is 0 Å². The number of halogens is 1. The molecule has 2 heterocycles. The van der Waals surface area contributed by atoms with E-state index in [1.807, 2.05) is 24.3 Å². The van der Waals surface area contributed by atoms with Gasteiger partial charge in [-0.25, -0.2) is 10.4 Å². The smallest absolute Gasteiger partial charge is 0.271 e. The number of amides is 1. The minimum Gasteiger partial charge on any atom is -0.338 e. The number of imidazole rings is 1. The van der Waals surface area contributed by atoms with E-state index in [4.69, 9.17) is 11.6 Å². The molecule has 0 bridgehead atoms. The largest absolute Gasteiger partial charge is 0.338 e. The number of nitrogens with zero attached hydrogens (tertiary/aromatic N) is 3. The Hall–Kier alpha value is -3.51. The molecule has 0 saturated heterocycles. The molecule has 0 atom stereocenters. The number of hydrazone groups is 1. The van der Waals surface area contributed by atoms with Crippen LogP contribution in [-0.4, -0.2) is 27.1 Å². The van der Waals surface area contributed by atoms with Gasteiger partial charge in [0.05, 0.1) is 22.3 Å².